The van der Waals surface area contributed by atoms with Crippen LogP contribution in [0.3, 0.4) is 0 Å². The van der Waals surface area contributed by atoms with Crippen molar-refractivity contribution in [2.45, 2.75) is 266 Å². The molecular weight excluding hydrogens is 567 g/mol. The highest BCUT2D eigenvalue weighted by atomic mass is 15.1. The molecule has 47 heavy (non-hydrogen) atoms. The molecule has 0 rings (SSSR count). The monoisotopic (exact) mass is 662 g/mol. The molecule has 0 heterocycles. The lowest BCUT2D eigenvalue weighted by Gasteiger charge is -2.22. The molecule has 0 fully saturated rings. The fourth-order valence-corrected chi connectivity index (χ4v) is 7.47. The van der Waals surface area contributed by atoms with Gasteiger partial charge in [0.05, 0.1) is 0 Å². The Kier molecular flexibility index (Phi) is 40.4. The van der Waals surface area contributed by atoms with Crippen molar-refractivity contribution in [1.29, 1.82) is 0 Å². The molecule has 1 heteroatoms. The van der Waals surface area contributed by atoms with Gasteiger partial charge < -0.3 is 4.90 Å². The Morgan fingerprint density at radius 2 is 0.447 bits per heavy atom. The Labute approximate surface area is 301 Å². The van der Waals surface area contributed by atoms with Gasteiger partial charge in [0.2, 0.25) is 0 Å². The second-order valence-electron chi connectivity index (χ2n) is 16.9. The third-order valence-corrected chi connectivity index (χ3v) is 10.8. The molecule has 0 N–H and O–H groups in total. The van der Waals surface area contributed by atoms with Crippen molar-refractivity contribution >= 4 is 0 Å². The molecule has 0 radical (unpaired) electrons. The molecule has 284 valence electrons. The summed E-state index contributed by atoms with van der Waals surface area (Å²) in [6, 6.07) is 0. The van der Waals surface area contributed by atoms with Crippen LogP contribution in [0.15, 0.2) is 0 Å². The van der Waals surface area contributed by atoms with E-state index in [0.29, 0.717) is 0 Å². The average Bonchev–Trinajstić information content (AvgIpc) is 3.05. The highest BCUT2D eigenvalue weighted by molar-refractivity contribution is 4.61. The lowest BCUT2D eigenvalue weighted by Crippen LogP contribution is -2.27. The Balaban J connectivity index is 3.93. The van der Waals surface area contributed by atoms with Gasteiger partial charge in [0.1, 0.15) is 0 Å². The van der Waals surface area contributed by atoms with E-state index in [1.165, 1.54) is 251 Å². The Morgan fingerprint density at radius 1 is 0.255 bits per heavy atom. The van der Waals surface area contributed by atoms with Crippen LogP contribution in [0, 0.1) is 11.8 Å². The standard InChI is InChI=1S/C46H95N/c1-6-7-8-9-10-11-12-17-22-27-32-37-42-47(43-38-33-28-23-18-13-15-20-25-30-35-40-45(2)3)44-39-34-29-24-19-14-16-21-26-31-36-41-46(4)5/h45-46H,6-44H2,1-5H3. The second kappa shape index (κ2) is 40.4. The number of unbranched alkanes of at least 4 members (excludes halogenated alkanes) is 31. The zero-order chi connectivity index (χ0) is 34.3. The van der Waals surface area contributed by atoms with Gasteiger partial charge in [-0.25, -0.2) is 0 Å². The summed E-state index contributed by atoms with van der Waals surface area (Å²) in [5.41, 5.74) is 0. The lowest BCUT2D eigenvalue weighted by molar-refractivity contribution is 0.254. The molecular formula is C46H95N. The average molecular weight is 662 g/mol. The largest absolute Gasteiger partial charge is 0.303 e. The fourth-order valence-electron chi connectivity index (χ4n) is 7.47. The van der Waals surface area contributed by atoms with Crippen molar-refractivity contribution in [1.82, 2.24) is 4.90 Å². The molecule has 0 spiro atoms. The van der Waals surface area contributed by atoms with E-state index in [-0.39, 0.29) is 0 Å². The molecule has 1 nitrogen and oxygen atoms in total. The van der Waals surface area contributed by atoms with Crippen molar-refractivity contribution in [3.8, 4) is 0 Å². The molecule has 0 atom stereocenters. The van der Waals surface area contributed by atoms with Gasteiger partial charge in [-0.15, -0.1) is 0 Å². The smallest absolute Gasteiger partial charge is 0.00187 e. The minimum atomic E-state index is 0.889. The fraction of sp³-hybridized carbons (Fsp3) is 1.00. The van der Waals surface area contributed by atoms with E-state index >= 15 is 0 Å². The van der Waals surface area contributed by atoms with Gasteiger partial charge >= 0.3 is 0 Å². The summed E-state index contributed by atoms with van der Waals surface area (Å²) in [7, 11) is 0. The summed E-state index contributed by atoms with van der Waals surface area (Å²) < 4.78 is 0. The first kappa shape index (κ1) is 47.0. The van der Waals surface area contributed by atoms with Crippen LogP contribution in [0.4, 0.5) is 0 Å². The Bertz CT molecular complexity index is 505. The summed E-state index contributed by atoms with van der Waals surface area (Å²) in [4.78, 5) is 2.87. The van der Waals surface area contributed by atoms with E-state index in [1.54, 1.807) is 0 Å². The molecule has 0 saturated heterocycles. The summed E-state index contributed by atoms with van der Waals surface area (Å²) in [6.45, 7) is 15.9. The maximum Gasteiger partial charge on any atom is -0.00187 e. The molecule has 0 amide bonds. The van der Waals surface area contributed by atoms with Gasteiger partial charge in [-0.2, -0.15) is 0 Å². The van der Waals surface area contributed by atoms with Crippen molar-refractivity contribution < 1.29 is 0 Å². The molecule has 0 unspecified atom stereocenters. The SMILES string of the molecule is CCCCCCCCCCCCCCN(CCCCCCCCCCCCCC(C)C)CCCCCCCCCCCCCC(C)C. The lowest BCUT2D eigenvalue weighted by atomic mass is 10.0. The topological polar surface area (TPSA) is 3.24 Å². The maximum atomic E-state index is 2.87. The summed E-state index contributed by atoms with van der Waals surface area (Å²) in [6.07, 6.45) is 52.7. The van der Waals surface area contributed by atoms with Crippen molar-refractivity contribution in [3.05, 3.63) is 0 Å². The minimum Gasteiger partial charge on any atom is -0.303 e. The van der Waals surface area contributed by atoms with Gasteiger partial charge in [0.25, 0.3) is 0 Å². The Hall–Kier alpha value is -0.0400. The molecule has 0 saturated carbocycles. The normalized spacial score (nSPS) is 12.0. The van der Waals surface area contributed by atoms with E-state index in [2.05, 4.69) is 39.5 Å². The molecule has 0 aliphatic heterocycles. The zero-order valence-corrected chi connectivity index (χ0v) is 34.2. The predicted molar refractivity (Wildman–Crippen MR) is 218 cm³/mol. The summed E-state index contributed by atoms with van der Waals surface area (Å²) >= 11 is 0. The minimum absolute atomic E-state index is 0.889. The van der Waals surface area contributed by atoms with Gasteiger partial charge in [-0.1, -0.05) is 247 Å². The van der Waals surface area contributed by atoms with Gasteiger partial charge in [-0.3, -0.25) is 0 Å². The third-order valence-electron chi connectivity index (χ3n) is 10.8. The van der Waals surface area contributed by atoms with E-state index in [1.807, 2.05) is 0 Å². The third kappa shape index (κ3) is 42.0. The van der Waals surface area contributed by atoms with Crippen LogP contribution in [0.1, 0.15) is 266 Å². The summed E-state index contributed by atoms with van der Waals surface area (Å²) in [5.74, 6) is 1.78. The maximum absolute atomic E-state index is 2.87. The van der Waals surface area contributed by atoms with Crippen LogP contribution in [-0.4, -0.2) is 24.5 Å². The van der Waals surface area contributed by atoms with Gasteiger partial charge in [0.15, 0.2) is 0 Å². The van der Waals surface area contributed by atoms with E-state index in [4.69, 9.17) is 0 Å². The molecule has 0 aliphatic rings. The highest BCUT2D eigenvalue weighted by Gasteiger charge is 2.06. The van der Waals surface area contributed by atoms with Crippen LogP contribution in [0.5, 0.6) is 0 Å². The van der Waals surface area contributed by atoms with Crippen molar-refractivity contribution in [3.63, 3.8) is 0 Å². The van der Waals surface area contributed by atoms with Gasteiger partial charge in [0, 0.05) is 0 Å². The van der Waals surface area contributed by atoms with Gasteiger partial charge in [-0.05, 0) is 50.7 Å². The quantitative estimate of drug-likeness (QED) is 0.0589. The highest BCUT2D eigenvalue weighted by Crippen LogP contribution is 2.17. The molecule has 0 aromatic rings. The van der Waals surface area contributed by atoms with E-state index in [9.17, 15) is 0 Å². The van der Waals surface area contributed by atoms with Crippen LogP contribution in [0.2, 0.25) is 0 Å². The number of rotatable bonds is 41. The first-order valence-corrected chi connectivity index (χ1v) is 22.8. The molecule has 0 aromatic heterocycles. The number of nitrogens with zero attached hydrogens (tertiary/aromatic N) is 1. The summed E-state index contributed by atoms with van der Waals surface area (Å²) in [5, 5.41) is 0. The second-order valence-corrected chi connectivity index (χ2v) is 16.9. The van der Waals surface area contributed by atoms with Crippen LogP contribution >= 0.6 is 0 Å². The van der Waals surface area contributed by atoms with Crippen LogP contribution in [0.25, 0.3) is 0 Å². The van der Waals surface area contributed by atoms with Crippen molar-refractivity contribution in [2.75, 3.05) is 19.6 Å². The number of hydrogen-bond donors (Lipinski definition) is 0. The number of hydrogen-bond acceptors (Lipinski definition) is 1. The molecule has 0 aliphatic carbocycles. The van der Waals surface area contributed by atoms with E-state index in [0.717, 1.165) is 11.8 Å². The van der Waals surface area contributed by atoms with Crippen LogP contribution in [-0.2, 0) is 0 Å². The van der Waals surface area contributed by atoms with E-state index < -0.39 is 0 Å². The zero-order valence-electron chi connectivity index (χ0n) is 34.2. The van der Waals surface area contributed by atoms with Crippen LogP contribution < -0.4 is 0 Å². The Morgan fingerprint density at radius 3 is 0.660 bits per heavy atom. The first-order valence-electron chi connectivity index (χ1n) is 22.8. The first-order chi connectivity index (χ1) is 23.1. The predicted octanol–water partition coefficient (Wildman–Crippen LogP) is 16.7. The van der Waals surface area contributed by atoms with Crippen molar-refractivity contribution in [2.24, 2.45) is 11.8 Å². The molecule has 0 aromatic carbocycles. The molecule has 0 bridgehead atoms.